The molecule has 0 unspecified atom stereocenters. The number of anilines is 1. The molecular weight excluding hydrogens is 268 g/mol. The topological polar surface area (TPSA) is 96.6 Å². The first-order valence-electron chi connectivity index (χ1n) is 5.84. The summed E-state index contributed by atoms with van der Waals surface area (Å²) in [6, 6.07) is 3.27. The lowest BCUT2D eigenvalue weighted by atomic mass is 10.2. The number of piperazine rings is 1. The molecule has 8 heteroatoms. The maximum Gasteiger partial charge on any atom is 0.252 e. The van der Waals surface area contributed by atoms with E-state index in [1.54, 1.807) is 18.3 Å². The lowest BCUT2D eigenvalue weighted by molar-refractivity contribution is 0.100. The van der Waals surface area contributed by atoms with Crippen molar-refractivity contribution in [1.29, 1.82) is 0 Å². The Morgan fingerprint density at radius 3 is 2.47 bits per heavy atom. The van der Waals surface area contributed by atoms with Gasteiger partial charge in [-0.2, -0.15) is 4.31 Å². The second kappa shape index (κ2) is 5.14. The van der Waals surface area contributed by atoms with Crippen molar-refractivity contribution in [3.8, 4) is 0 Å². The molecule has 1 aliphatic rings. The van der Waals surface area contributed by atoms with Crippen LogP contribution in [0.3, 0.4) is 0 Å². The van der Waals surface area contributed by atoms with Crippen LogP contribution in [-0.2, 0) is 10.0 Å². The Labute approximate surface area is 112 Å². The minimum absolute atomic E-state index is 0.357. The lowest BCUT2D eigenvalue weighted by Crippen LogP contribution is -2.49. The van der Waals surface area contributed by atoms with E-state index in [0.29, 0.717) is 37.6 Å². The number of primary amides is 1. The van der Waals surface area contributed by atoms with Gasteiger partial charge in [-0.05, 0) is 12.1 Å². The van der Waals surface area contributed by atoms with Gasteiger partial charge in [-0.3, -0.25) is 4.79 Å². The Bertz CT molecular complexity index is 579. The van der Waals surface area contributed by atoms with Crippen molar-refractivity contribution in [2.24, 2.45) is 5.73 Å². The Kier molecular flexibility index (Phi) is 3.72. The molecule has 2 rings (SSSR count). The van der Waals surface area contributed by atoms with Gasteiger partial charge in [-0.1, -0.05) is 0 Å². The van der Waals surface area contributed by atoms with Gasteiger partial charge in [0.25, 0.3) is 5.91 Å². The van der Waals surface area contributed by atoms with E-state index in [2.05, 4.69) is 4.98 Å². The number of carbonyl (C=O) groups is 1. The molecule has 19 heavy (non-hydrogen) atoms. The summed E-state index contributed by atoms with van der Waals surface area (Å²) in [5.41, 5.74) is 5.66. The Hall–Kier alpha value is -1.67. The normalized spacial score (nSPS) is 17.4. The van der Waals surface area contributed by atoms with Crippen molar-refractivity contribution in [3.05, 3.63) is 23.9 Å². The van der Waals surface area contributed by atoms with Crippen molar-refractivity contribution < 1.29 is 13.2 Å². The maximum atomic E-state index is 11.4. The van der Waals surface area contributed by atoms with Gasteiger partial charge in [0.15, 0.2) is 0 Å². The van der Waals surface area contributed by atoms with Crippen LogP contribution in [0.15, 0.2) is 18.3 Å². The molecule has 104 valence electrons. The first-order valence-corrected chi connectivity index (χ1v) is 7.69. The SMILES string of the molecule is CS(=O)(=O)N1CCN(c2ncccc2C(N)=O)CC1. The van der Waals surface area contributed by atoms with Crippen LogP contribution in [0.2, 0.25) is 0 Å². The second-order valence-electron chi connectivity index (χ2n) is 4.39. The van der Waals surface area contributed by atoms with Crippen LogP contribution < -0.4 is 10.6 Å². The highest BCUT2D eigenvalue weighted by atomic mass is 32.2. The largest absolute Gasteiger partial charge is 0.365 e. The molecule has 1 aromatic rings. The number of rotatable bonds is 3. The monoisotopic (exact) mass is 284 g/mol. The maximum absolute atomic E-state index is 11.4. The van der Waals surface area contributed by atoms with E-state index >= 15 is 0 Å². The smallest absolute Gasteiger partial charge is 0.252 e. The second-order valence-corrected chi connectivity index (χ2v) is 6.37. The fraction of sp³-hybridized carbons (Fsp3) is 0.455. The van der Waals surface area contributed by atoms with Crippen LogP contribution in [0.25, 0.3) is 0 Å². The van der Waals surface area contributed by atoms with Crippen LogP contribution in [-0.4, -0.2) is 56.0 Å². The Balaban J connectivity index is 2.16. The minimum atomic E-state index is -3.16. The van der Waals surface area contributed by atoms with Gasteiger partial charge in [0, 0.05) is 32.4 Å². The van der Waals surface area contributed by atoms with Gasteiger partial charge in [-0.25, -0.2) is 13.4 Å². The molecule has 0 spiro atoms. The third kappa shape index (κ3) is 3.02. The van der Waals surface area contributed by atoms with Crippen LogP contribution in [0.5, 0.6) is 0 Å². The van der Waals surface area contributed by atoms with Crippen molar-refractivity contribution in [3.63, 3.8) is 0 Å². The van der Waals surface area contributed by atoms with E-state index in [4.69, 9.17) is 5.73 Å². The molecule has 1 amide bonds. The van der Waals surface area contributed by atoms with Crippen molar-refractivity contribution >= 4 is 21.7 Å². The van der Waals surface area contributed by atoms with E-state index in [-0.39, 0.29) is 0 Å². The van der Waals surface area contributed by atoms with Gasteiger partial charge in [-0.15, -0.1) is 0 Å². The number of hydrogen-bond acceptors (Lipinski definition) is 5. The molecule has 0 atom stereocenters. The van der Waals surface area contributed by atoms with Gasteiger partial charge >= 0.3 is 0 Å². The summed E-state index contributed by atoms with van der Waals surface area (Å²) >= 11 is 0. The average Bonchev–Trinajstić information content (AvgIpc) is 2.38. The molecule has 7 nitrogen and oxygen atoms in total. The van der Waals surface area contributed by atoms with Gasteiger partial charge in [0.05, 0.1) is 11.8 Å². The highest BCUT2D eigenvalue weighted by Gasteiger charge is 2.25. The quantitative estimate of drug-likeness (QED) is 0.788. The molecular formula is C11H16N4O3S. The summed E-state index contributed by atoms with van der Waals surface area (Å²) in [5.74, 6) is -0.0169. The number of carbonyl (C=O) groups excluding carboxylic acids is 1. The fourth-order valence-electron chi connectivity index (χ4n) is 2.07. The van der Waals surface area contributed by atoms with Crippen molar-refractivity contribution in [2.45, 2.75) is 0 Å². The number of pyridine rings is 1. The van der Waals surface area contributed by atoms with Crippen LogP contribution in [0, 0.1) is 0 Å². The van der Waals surface area contributed by atoms with E-state index in [0.717, 1.165) is 0 Å². The molecule has 1 fully saturated rings. The predicted molar refractivity (Wildman–Crippen MR) is 71.4 cm³/mol. The highest BCUT2D eigenvalue weighted by Crippen LogP contribution is 2.19. The number of sulfonamides is 1. The molecule has 0 aromatic carbocycles. The van der Waals surface area contributed by atoms with E-state index in [9.17, 15) is 13.2 Å². The third-order valence-corrected chi connectivity index (χ3v) is 4.36. The van der Waals surface area contributed by atoms with E-state index < -0.39 is 15.9 Å². The fourth-order valence-corrected chi connectivity index (χ4v) is 2.90. The number of amides is 1. The first-order chi connectivity index (χ1) is 8.89. The lowest BCUT2D eigenvalue weighted by Gasteiger charge is -2.34. The highest BCUT2D eigenvalue weighted by molar-refractivity contribution is 7.88. The number of nitrogens with zero attached hydrogens (tertiary/aromatic N) is 3. The number of nitrogens with two attached hydrogens (primary N) is 1. The van der Waals surface area contributed by atoms with E-state index in [1.807, 2.05) is 4.90 Å². The van der Waals surface area contributed by atoms with Crippen molar-refractivity contribution in [1.82, 2.24) is 9.29 Å². The zero-order valence-electron chi connectivity index (χ0n) is 10.6. The molecule has 0 aliphatic carbocycles. The molecule has 2 heterocycles. The molecule has 1 aromatic heterocycles. The zero-order chi connectivity index (χ0) is 14.0. The third-order valence-electron chi connectivity index (χ3n) is 3.06. The molecule has 0 radical (unpaired) electrons. The van der Waals surface area contributed by atoms with Crippen LogP contribution in [0.1, 0.15) is 10.4 Å². The molecule has 1 saturated heterocycles. The summed E-state index contributed by atoms with van der Waals surface area (Å²) in [7, 11) is -3.16. The molecule has 2 N–H and O–H groups in total. The minimum Gasteiger partial charge on any atom is -0.365 e. The Morgan fingerprint density at radius 1 is 1.32 bits per heavy atom. The number of hydrogen-bond donors (Lipinski definition) is 1. The first kappa shape index (κ1) is 13.8. The zero-order valence-corrected chi connectivity index (χ0v) is 11.4. The Morgan fingerprint density at radius 2 is 1.95 bits per heavy atom. The van der Waals surface area contributed by atoms with Crippen LogP contribution >= 0.6 is 0 Å². The summed E-state index contributed by atoms with van der Waals surface area (Å²) < 4.78 is 24.3. The summed E-state index contributed by atoms with van der Waals surface area (Å²) in [6.07, 6.45) is 2.78. The molecule has 1 aliphatic heterocycles. The standard InChI is InChI=1S/C11H16N4O3S/c1-19(17,18)15-7-5-14(6-8-15)11-9(10(12)16)3-2-4-13-11/h2-4H,5-8H2,1H3,(H2,12,16). The molecule has 0 bridgehead atoms. The average molecular weight is 284 g/mol. The van der Waals surface area contributed by atoms with Crippen molar-refractivity contribution in [2.75, 3.05) is 37.3 Å². The summed E-state index contributed by atoms with van der Waals surface area (Å²) in [4.78, 5) is 17.4. The van der Waals surface area contributed by atoms with Gasteiger partial charge < -0.3 is 10.6 Å². The predicted octanol–water partition coefficient (Wildman–Crippen LogP) is -0.738. The van der Waals surface area contributed by atoms with Gasteiger partial charge in [0.1, 0.15) is 5.82 Å². The van der Waals surface area contributed by atoms with E-state index in [1.165, 1.54) is 10.6 Å². The van der Waals surface area contributed by atoms with Gasteiger partial charge in [0.2, 0.25) is 10.0 Å². The molecule has 0 saturated carbocycles. The number of aromatic nitrogens is 1. The summed E-state index contributed by atoms with van der Waals surface area (Å²) in [6.45, 7) is 1.75. The van der Waals surface area contributed by atoms with Crippen LogP contribution in [0.4, 0.5) is 5.82 Å². The summed E-state index contributed by atoms with van der Waals surface area (Å²) in [5, 5.41) is 0.